The average Bonchev–Trinajstić information content (AvgIpc) is 2.47. The zero-order chi connectivity index (χ0) is 13.9. The third-order valence-electron chi connectivity index (χ3n) is 3.36. The lowest BCUT2D eigenvalue weighted by Crippen LogP contribution is -2.05. The maximum absolute atomic E-state index is 6.05. The number of rotatable bonds is 3. The lowest BCUT2D eigenvalue weighted by atomic mass is 10.1. The van der Waals surface area contributed by atoms with Gasteiger partial charge in [-0.25, -0.2) is 0 Å². The van der Waals surface area contributed by atoms with Crippen molar-refractivity contribution in [1.29, 1.82) is 0 Å². The largest absolute Gasteiger partial charge is 0.324 e. The Kier molecular flexibility index (Phi) is 3.77. The minimum absolute atomic E-state index is 0.0548. The zero-order valence-electron chi connectivity index (χ0n) is 11.4. The lowest BCUT2D eigenvalue weighted by molar-refractivity contribution is 0.797. The van der Waals surface area contributed by atoms with E-state index in [2.05, 4.69) is 60.7 Å². The third kappa shape index (κ3) is 2.72. The van der Waals surface area contributed by atoms with Gasteiger partial charge in [-0.15, -0.1) is 0 Å². The van der Waals surface area contributed by atoms with Gasteiger partial charge in [0, 0.05) is 15.8 Å². The summed E-state index contributed by atoms with van der Waals surface area (Å²) >= 11 is 1.78. The van der Waals surface area contributed by atoms with Crippen LogP contribution in [0.4, 0.5) is 0 Å². The first-order valence-corrected chi connectivity index (χ1v) is 7.57. The number of hydrogen-bond donors (Lipinski definition) is 1. The summed E-state index contributed by atoms with van der Waals surface area (Å²) in [5.41, 5.74) is 7.25. The molecule has 3 rings (SSSR count). The van der Waals surface area contributed by atoms with Crippen LogP contribution in [0, 0.1) is 0 Å². The molecule has 20 heavy (non-hydrogen) atoms. The summed E-state index contributed by atoms with van der Waals surface area (Å²) in [6, 6.07) is 23.4. The smallest absolute Gasteiger partial charge is 0.0277 e. The van der Waals surface area contributed by atoms with Crippen molar-refractivity contribution in [3.63, 3.8) is 0 Å². The molecule has 0 heterocycles. The first-order valence-electron chi connectivity index (χ1n) is 6.75. The second-order valence-electron chi connectivity index (χ2n) is 4.94. The molecule has 0 aliphatic carbocycles. The second kappa shape index (κ2) is 5.70. The number of benzene rings is 3. The molecule has 0 unspecified atom stereocenters. The summed E-state index contributed by atoms with van der Waals surface area (Å²) in [6.45, 7) is 2.03. The fourth-order valence-corrected chi connectivity index (χ4v) is 3.40. The highest BCUT2D eigenvalue weighted by Gasteiger charge is 2.07. The second-order valence-corrected chi connectivity index (χ2v) is 6.05. The van der Waals surface area contributed by atoms with Gasteiger partial charge in [-0.1, -0.05) is 60.3 Å². The first kappa shape index (κ1) is 13.2. The van der Waals surface area contributed by atoms with Crippen LogP contribution in [0.2, 0.25) is 0 Å². The Balaban J connectivity index is 1.97. The molecule has 0 fully saturated rings. The normalized spacial score (nSPS) is 12.5. The van der Waals surface area contributed by atoms with E-state index in [1.54, 1.807) is 11.8 Å². The van der Waals surface area contributed by atoms with Gasteiger partial charge in [-0.2, -0.15) is 0 Å². The molecule has 3 aromatic rings. The molecular formula is C18H17NS. The standard InChI is InChI=1S/C18H17NS/c1-13(19)17-8-4-5-9-18(17)20-16-11-10-14-6-2-3-7-15(14)12-16/h2-13H,19H2,1H3/t13-/m0/s1. The van der Waals surface area contributed by atoms with Crippen LogP contribution in [-0.2, 0) is 0 Å². The zero-order valence-corrected chi connectivity index (χ0v) is 12.2. The summed E-state index contributed by atoms with van der Waals surface area (Å²) in [4.78, 5) is 2.48. The number of nitrogens with two attached hydrogens (primary N) is 1. The summed E-state index contributed by atoms with van der Waals surface area (Å²) in [5.74, 6) is 0. The Morgan fingerprint density at radius 3 is 2.35 bits per heavy atom. The van der Waals surface area contributed by atoms with Crippen molar-refractivity contribution in [1.82, 2.24) is 0 Å². The molecule has 0 saturated carbocycles. The van der Waals surface area contributed by atoms with Crippen LogP contribution in [0.5, 0.6) is 0 Å². The van der Waals surface area contributed by atoms with Crippen LogP contribution in [-0.4, -0.2) is 0 Å². The maximum Gasteiger partial charge on any atom is 0.0277 e. The van der Waals surface area contributed by atoms with Crippen LogP contribution < -0.4 is 5.73 Å². The van der Waals surface area contributed by atoms with Gasteiger partial charge >= 0.3 is 0 Å². The van der Waals surface area contributed by atoms with Gasteiger partial charge in [0.25, 0.3) is 0 Å². The van der Waals surface area contributed by atoms with E-state index in [0.29, 0.717) is 0 Å². The topological polar surface area (TPSA) is 26.0 Å². The average molecular weight is 279 g/mol. The molecule has 2 heteroatoms. The highest BCUT2D eigenvalue weighted by molar-refractivity contribution is 7.99. The van der Waals surface area contributed by atoms with Crippen molar-refractivity contribution in [2.75, 3.05) is 0 Å². The summed E-state index contributed by atoms with van der Waals surface area (Å²) in [6.07, 6.45) is 0. The van der Waals surface area contributed by atoms with Crippen LogP contribution in [0.25, 0.3) is 10.8 Å². The van der Waals surface area contributed by atoms with E-state index in [4.69, 9.17) is 5.73 Å². The Bertz CT molecular complexity index is 734. The third-order valence-corrected chi connectivity index (χ3v) is 4.44. The van der Waals surface area contributed by atoms with E-state index in [0.717, 1.165) is 0 Å². The molecule has 100 valence electrons. The Morgan fingerprint density at radius 2 is 1.55 bits per heavy atom. The van der Waals surface area contributed by atoms with E-state index in [-0.39, 0.29) is 6.04 Å². The molecular weight excluding hydrogens is 262 g/mol. The predicted molar refractivity (Wildman–Crippen MR) is 87.1 cm³/mol. The van der Waals surface area contributed by atoms with E-state index in [1.165, 1.54) is 26.1 Å². The van der Waals surface area contributed by atoms with Gasteiger partial charge < -0.3 is 5.73 Å². The SMILES string of the molecule is C[C@H](N)c1ccccc1Sc1ccc2ccccc2c1. The van der Waals surface area contributed by atoms with Gasteiger partial charge in [0.1, 0.15) is 0 Å². The molecule has 2 N–H and O–H groups in total. The molecule has 0 radical (unpaired) electrons. The molecule has 0 aromatic heterocycles. The van der Waals surface area contributed by atoms with E-state index in [9.17, 15) is 0 Å². The van der Waals surface area contributed by atoms with Crippen LogP contribution in [0.1, 0.15) is 18.5 Å². The lowest BCUT2D eigenvalue weighted by Gasteiger charge is -2.12. The molecule has 0 aliphatic heterocycles. The predicted octanol–water partition coefficient (Wildman–Crippen LogP) is 5.01. The minimum atomic E-state index is 0.0548. The quantitative estimate of drug-likeness (QED) is 0.729. The molecule has 0 spiro atoms. The maximum atomic E-state index is 6.05. The number of hydrogen-bond acceptors (Lipinski definition) is 2. The van der Waals surface area contributed by atoms with E-state index >= 15 is 0 Å². The van der Waals surface area contributed by atoms with Crippen molar-refractivity contribution in [2.45, 2.75) is 22.8 Å². The minimum Gasteiger partial charge on any atom is -0.324 e. The van der Waals surface area contributed by atoms with Crippen molar-refractivity contribution < 1.29 is 0 Å². The summed E-state index contributed by atoms with van der Waals surface area (Å²) < 4.78 is 0. The Labute approximate surface area is 123 Å². The first-order chi connectivity index (χ1) is 9.74. The highest BCUT2D eigenvalue weighted by atomic mass is 32.2. The fraction of sp³-hybridized carbons (Fsp3) is 0.111. The van der Waals surface area contributed by atoms with E-state index in [1.807, 2.05) is 13.0 Å². The van der Waals surface area contributed by atoms with Crippen molar-refractivity contribution in [3.05, 3.63) is 72.3 Å². The van der Waals surface area contributed by atoms with Gasteiger partial charge in [-0.3, -0.25) is 0 Å². The monoisotopic (exact) mass is 279 g/mol. The molecule has 1 nitrogen and oxygen atoms in total. The molecule has 0 amide bonds. The Hall–Kier alpha value is -1.77. The summed E-state index contributed by atoms with van der Waals surface area (Å²) in [7, 11) is 0. The van der Waals surface area contributed by atoms with Gasteiger partial charge in [0.15, 0.2) is 0 Å². The molecule has 3 aromatic carbocycles. The van der Waals surface area contributed by atoms with Crippen molar-refractivity contribution in [2.24, 2.45) is 5.73 Å². The highest BCUT2D eigenvalue weighted by Crippen LogP contribution is 2.34. The van der Waals surface area contributed by atoms with Gasteiger partial charge in [0.05, 0.1) is 0 Å². The molecule has 0 saturated heterocycles. The van der Waals surface area contributed by atoms with Gasteiger partial charge in [0.2, 0.25) is 0 Å². The van der Waals surface area contributed by atoms with E-state index < -0.39 is 0 Å². The number of fused-ring (bicyclic) bond motifs is 1. The molecule has 0 aliphatic rings. The summed E-state index contributed by atoms with van der Waals surface area (Å²) in [5, 5.41) is 2.55. The van der Waals surface area contributed by atoms with Crippen LogP contribution >= 0.6 is 11.8 Å². The van der Waals surface area contributed by atoms with Crippen LogP contribution in [0.3, 0.4) is 0 Å². The van der Waals surface area contributed by atoms with Crippen LogP contribution in [0.15, 0.2) is 76.5 Å². The van der Waals surface area contributed by atoms with Crippen molar-refractivity contribution >= 4 is 22.5 Å². The van der Waals surface area contributed by atoms with Crippen molar-refractivity contribution in [3.8, 4) is 0 Å². The fourth-order valence-electron chi connectivity index (χ4n) is 2.31. The Morgan fingerprint density at radius 1 is 0.850 bits per heavy atom. The molecule has 0 bridgehead atoms. The van der Waals surface area contributed by atoms with Gasteiger partial charge in [-0.05, 0) is 41.5 Å². The molecule has 1 atom stereocenters.